The van der Waals surface area contributed by atoms with Gasteiger partial charge in [-0.2, -0.15) is 0 Å². The van der Waals surface area contributed by atoms with E-state index < -0.39 is 13.0 Å². The van der Waals surface area contributed by atoms with Crippen LogP contribution in [0.15, 0.2) is 18.2 Å². The number of halogens is 3. The predicted octanol–water partition coefficient (Wildman–Crippen LogP) is 1.84. The van der Waals surface area contributed by atoms with Crippen molar-refractivity contribution in [3.8, 4) is 11.4 Å². The van der Waals surface area contributed by atoms with Crippen LogP contribution in [0.4, 0.5) is 14.5 Å². The van der Waals surface area contributed by atoms with Crippen molar-refractivity contribution >= 4 is 17.3 Å². The second-order valence-electron chi connectivity index (χ2n) is 3.31. The number of rotatable bonds is 3. The van der Waals surface area contributed by atoms with Gasteiger partial charge in [0.15, 0.2) is 5.82 Å². The van der Waals surface area contributed by atoms with Crippen molar-refractivity contribution in [1.82, 2.24) is 20.2 Å². The van der Waals surface area contributed by atoms with Gasteiger partial charge in [0.1, 0.15) is 6.54 Å². The Morgan fingerprint density at radius 2 is 2.18 bits per heavy atom. The molecule has 1 heterocycles. The molecule has 0 spiro atoms. The second kappa shape index (κ2) is 4.62. The first-order chi connectivity index (χ1) is 8.08. The molecule has 1 aromatic heterocycles. The van der Waals surface area contributed by atoms with E-state index >= 15 is 0 Å². The molecule has 90 valence electrons. The van der Waals surface area contributed by atoms with Crippen LogP contribution in [-0.4, -0.2) is 26.6 Å². The van der Waals surface area contributed by atoms with E-state index in [0.717, 1.165) is 4.68 Å². The molecule has 0 amide bonds. The largest absolute Gasteiger partial charge is 0.398 e. The van der Waals surface area contributed by atoms with Gasteiger partial charge in [-0.25, -0.2) is 13.5 Å². The number of alkyl halides is 2. The van der Waals surface area contributed by atoms with Crippen LogP contribution < -0.4 is 5.73 Å². The summed E-state index contributed by atoms with van der Waals surface area (Å²) in [6, 6.07) is 4.72. The predicted molar refractivity (Wildman–Crippen MR) is 58.7 cm³/mol. The first kappa shape index (κ1) is 11.7. The number of nitrogens with two attached hydrogens (primary N) is 1. The zero-order valence-corrected chi connectivity index (χ0v) is 9.27. The molecule has 8 heteroatoms. The Labute approximate surface area is 100 Å². The number of aromatic nitrogens is 4. The summed E-state index contributed by atoms with van der Waals surface area (Å²) in [6.07, 6.45) is -2.53. The van der Waals surface area contributed by atoms with Crippen LogP contribution in [0.2, 0.25) is 5.02 Å². The van der Waals surface area contributed by atoms with E-state index in [0.29, 0.717) is 16.3 Å². The molecule has 0 saturated carbocycles. The summed E-state index contributed by atoms with van der Waals surface area (Å²) in [7, 11) is 0. The fourth-order valence-corrected chi connectivity index (χ4v) is 1.47. The third-order valence-electron chi connectivity index (χ3n) is 2.10. The lowest BCUT2D eigenvalue weighted by Gasteiger charge is -2.05. The molecule has 0 unspecified atom stereocenters. The molecular formula is C9H8ClF2N5. The lowest BCUT2D eigenvalue weighted by Crippen LogP contribution is -2.10. The number of hydrogen-bond donors (Lipinski definition) is 1. The van der Waals surface area contributed by atoms with Crippen molar-refractivity contribution < 1.29 is 8.78 Å². The maximum absolute atomic E-state index is 12.3. The van der Waals surface area contributed by atoms with Gasteiger partial charge in [-0.15, -0.1) is 5.10 Å². The molecule has 5 nitrogen and oxygen atoms in total. The Hall–Kier alpha value is -1.76. The summed E-state index contributed by atoms with van der Waals surface area (Å²) in [5, 5.41) is 10.9. The highest BCUT2D eigenvalue weighted by molar-refractivity contribution is 6.33. The molecule has 0 aliphatic heterocycles. The summed E-state index contributed by atoms with van der Waals surface area (Å²) >= 11 is 5.76. The van der Waals surface area contributed by atoms with Crippen LogP contribution in [0, 0.1) is 0 Å². The molecule has 2 aromatic rings. The molecule has 0 fully saturated rings. The van der Waals surface area contributed by atoms with Gasteiger partial charge < -0.3 is 5.73 Å². The van der Waals surface area contributed by atoms with Gasteiger partial charge in [-0.05, 0) is 28.6 Å². The molecule has 2 rings (SSSR count). The standard InChI is InChI=1S/C9H8ClF2N5/c10-6-2-1-5(3-7(6)13)9-14-15-16-17(9)4-8(11)12/h1-3,8H,4,13H2. The molecule has 0 aliphatic carbocycles. The topological polar surface area (TPSA) is 69.6 Å². The van der Waals surface area contributed by atoms with Crippen LogP contribution in [0.25, 0.3) is 11.4 Å². The van der Waals surface area contributed by atoms with Gasteiger partial charge in [0.05, 0.1) is 10.7 Å². The average Bonchev–Trinajstić information content (AvgIpc) is 2.69. The summed E-state index contributed by atoms with van der Waals surface area (Å²) in [5.74, 6) is 0.230. The molecule has 0 atom stereocenters. The van der Waals surface area contributed by atoms with Crippen molar-refractivity contribution in [2.24, 2.45) is 0 Å². The summed E-state index contributed by atoms with van der Waals surface area (Å²) < 4.78 is 25.6. The lowest BCUT2D eigenvalue weighted by atomic mass is 10.2. The van der Waals surface area contributed by atoms with Crippen LogP contribution in [0.5, 0.6) is 0 Å². The molecule has 0 bridgehead atoms. The highest BCUT2D eigenvalue weighted by Crippen LogP contribution is 2.25. The van der Waals surface area contributed by atoms with Crippen LogP contribution in [0.3, 0.4) is 0 Å². The minimum Gasteiger partial charge on any atom is -0.398 e. The maximum Gasteiger partial charge on any atom is 0.258 e. The SMILES string of the molecule is Nc1cc(-c2nnnn2CC(F)F)ccc1Cl. The molecule has 17 heavy (non-hydrogen) atoms. The fourth-order valence-electron chi connectivity index (χ4n) is 1.35. The van der Waals surface area contributed by atoms with Gasteiger partial charge in [0.25, 0.3) is 6.43 Å². The Bertz CT molecular complexity index is 528. The molecule has 1 aromatic carbocycles. The number of nitrogen functional groups attached to an aromatic ring is 1. The van der Waals surface area contributed by atoms with E-state index in [4.69, 9.17) is 17.3 Å². The first-order valence-corrected chi connectivity index (χ1v) is 5.05. The Kier molecular flexibility index (Phi) is 3.19. The smallest absolute Gasteiger partial charge is 0.258 e. The first-order valence-electron chi connectivity index (χ1n) is 4.67. The zero-order chi connectivity index (χ0) is 12.4. The van der Waals surface area contributed by atoms with Gasteiger partial charge >= 0.3 is 0 Å². The third kappa shape index (κ3) is 2.50. The minimum absolute atomic E-state index is 0.230. The fraction of sp³-hybridized carbons (Fsp3) is 0.222. The van der Waals surface area contributed by atoms with E-state index in [-0.39, 0.29) is 5.82 Å². The highest BCUT2D eigenvalue weighted by Gasteiger charge is 2.13. The van der Waals surface area contributed by atoms with Crippen molar-refractivity contribution in [1.29, 1.82) is 0 Å². The Morgan fingerprint density at radius 3 is 2.82 bits per heavy atom. The van der Waals surface area contributed by atoms with E-state index in [1.165, 1.54) is 6.07 Å². The lowest BCUT2D eigenvalue weighted by molar-refractivity contribution is 0.121. The van der Waals surface area contributed by atoms with Gasteiger partial charge in [-0.3, -0.25) is 0 Å². The molecule has 0 saturated heterocycles. The third-order valence-corrected chi connectivity index (χ3v) is 2.44. The monoisotopic (exact) mass is 259 g/mol. The van der Waals surface area contributed by atoms with Crippen LogP contribution in [-0.2, 0) is 6.54 Å². The number of hydrogen-bond acceptors (Lipinski definition) is 4. The number of benzene rings is 1. The van der Waals surface area contributed by atoms with Crippen molar-refractivity contribution in [3.63, 3.8) is 0 Å². The summed E-state index contributed by atoms with van der Waals surface area (Å²) in [4.78, 5) is 0. The van der Waals surface area contributed by atoms with Crippen LogP contribution in [0.1, 0.15) is 0 Å². The normalized spacial score (nSPS) is 11.1. The van der Waals surface area contributed by atoms with E-state index in [9.17, 15) is 8.78 Å². The van der Waals surface area contributed by atoms with Crippen molar-refractivity contribution in [2.45, 2.75) is 13.0 Å². The maximum atomic E-state index is 12.3. The second-order valence-corrected chi connectivity index (χ2v) is 3.72. The Morgan fingerprint density at radius 1 is 1.41 bits per heavy atom. The van der Waals surface area contributed by atoms with Crippen LogP contribution >= 0.6 is 11.6 Å². The number of anilines is 1. The molecule has 2 N–H and O–H groups in total. The van der Waals surface area contributed by atoms with Crippen molar-refractivity contribution in [3.05, 3.63) is 23.2 Å². The number of tetrazole rings is 1. The summed E-state index contributed by atoms with van der Waals surface area (Å²) in [5.41, 5.74) is 6.50. The average molecular weight is 260 g/mol. The zero-order valence-electron chi connectivity index (χ0n) is 8.52. The van der Waals surface area contributed by atoms with E-state index in [2.05, 4.69) is 15.5 Å². The van der Waals surface area contributed by atoms with E-state index in [1.54, 1.807) is 12.1 Å². The number of nitrogens with zero attached hydrogens (tertiary/aromatic N) is 4. The quantitative estimate of drug-likeness (QED) is 0.854. The molecule has 0 aliphatic rings. The van der Waals surface area contributed by atoms with Gasteiger partial charge in [-0.1, -0.05) is 11.6 Å². The van der Waals surface area contributed by atoms with Gasteiger partial charge in [0.2, 0.25) is 0 Å². The van der Waals surface area contributed by atoms with E-state index in [1.807, 2.05) is 0 Å². The minimum atomic E-state index is -2.53. The summed E-state index contributed by atoms with van der Waals surface area (Å²) in [6.45, 7) is -0.565. The molecule has 0 radical (unpaired) electrons. The van der Waals surface area contributed by atoms with Crippen molar-refractivity contribution in [2.75, 3.05) is 5.73 Å². The Balaban J connectivity index is 2.39. The molecular weight excluding hydrogens is 252 g/mol. The van der Waals surface area contributed by atoms with Gasteiger partial charge in [0, 0.05) is 5.56 Å². The highest BCUT2D eigenvalue weighted by atomic mass is 35.5.